The number of aromatic amines is 2. The van der Waals surface area contributed by atoms with Crippen molar-refractivity contribution in [1.29, 1.82) is 0 Å². The normalized spacial score (nSPS) is 12.3. The number of carbonyl (C=O) groups is 1. The summed E-state index contributed by atoms with van der Waals surface area (Å²) in [6.07, 6.45) is 1.04. The fourth-order valence-electron chi connectivity index (χ4n) is 2.17. The van der Waals surface area contributed by atoms with Gasteiger partial charge in [0, 0.05) is 22.4 Å². The molecular formula is C15H13BrN4O3. The van der Waals surface area contributed by atoms with Crippen molar-refractivity contribution in [3.05, 3.63) is 56.3 Å². The van der Waals surface area contributed by atoms with Crippen LogP contribution in [-0.2, 0) is 4.74 Å². The van der Waals surface area contributed by atoms with Gasteiger partial charge < -0.3 is 14.7 Å². The summed E-state index contributed by atoms with van der Waals surface area (Å²) in [6.45, 7) is 3.40. The summed E-state index contributed by atoms with van der Waals surface area (Å²) >= 11 is 3.33. The van der Waals surface area contributed by atoms with Gasteiger partial charge in [-0.15, -0.1) is 0 Å². The number of pyridine rings is 2. The van der Waals surface area contributed by atoms with Gasteiger partial charge in [-0.25, -0.2) is 14.8 Å². The molecule has 3 heterocycles. The van der Waals surface area contributed by atoms with Crippen LogP contribution in [0, 0.1) is 6.92 Å². The van der Waals surface area contributed by atoms with E-state index in [0.29, 0.717) is 17.2 Å². The standard InChI is InChI=1S/C15H13BrN4O3/c1-7-3-9(4-12(21)18-7)15(22)23-8(2)13-19-11-5-10(16)6-17-14(11)20-13/h3-6,8H,1-2H3,(H,18,21)(H,17,19,20)/t8-/m0/s1. The minimum absolute atomic E-state index is 0.204. The van der Waals surface area contributed by atoms with Crippen LogP contribution >= 0.6 is 15.9 Å². The Hall–Kier alpha value is -2.48. The number of aryl methyl sites for hydroxylation is 1. The van der Waals surface area contributed by atoms with E-state index in [4.69, 9.17) is 4.74 Å². The Balaban J connectivity index is 1.83. The summed E-state index contributed by atoms with van der Waals surface area (Å²) < 4.78 is 6.19. The number of nitrogens with zero attached hydrogens (tertiary/aromatic N) is 2. The number of ether oxygens (including phenoxy) is 1. The Kier molecular flexibility index (Phi) is 3.99. The average molecular weight is 377 g/mol. The van der Waals surface area contributed by atoms with E-state index in [1.807, 2.05) is 6.07 Å². The number of hydrogen-bond donors (Lipinski definition) is 2. The minimum atomic E-state index is -0.602. The first-order valence-electron chi connectivity index (χ1n) is 6.85. The summed E-state index contributed by atoms with van der Waals surface area (Å²) in [5, 5.41) is 0. The van der Waals surface area contributed by atoms with Crippen LogP contribution in [0.1, 0.15) is 34.9 Å². The van der Waals surface area contributed by atoms with Gasteiger partial charge in [0.25, 0.3) is 0 Å². The van der Waals surface area contributed by atoms with E-state index >= 15 is 0 Å². The van der Waals surface area contributed by atoms with Gasteiger partial charge in [0.05, 0.1) is 11.1 Å². The van der Waals surface area contributed by atoms with Crippen LogP contribution in [0.15, 0.2) is 33.7 Å². The molecule has 0 amide bonds. The summed E-state index contributed by atoms with van der Waals surface area (Å²) in [4.78, 5) is 37.7. The van der Waals surface area contributed by atoms with Crippen LogP contribution in [0.2, 0.25) is 0 Å². The Morgan fingerprint density at radius 2 is 2.09 bits per heavy atom. The number of rotatable bonds is 3. The zero-order valence-electron chi connectivity index (χ0n) is 12.4. The number of hydrogen-bond acceptors (Lipinski definition) is 5. The van der Waals surface area contributed by atoms with Crippen molar-refractivity contribution in [3.8, 4) is 0 Å². The fourth-order valence-corrected chi connectivity index (χ4v) is 2.50. The molecule has 0 radical (unpaired) electrons. The summed E-state index contributed by atoms with van der Waals surface area (Å²) in [6, 6.07) is 4.61. The molecule has 2 N–H and O–H groups in total. The second-order valence-electron chi connectivity index (χ2n) is 5.11. The lowest BCUT2D eigenvalue weighted by Crippen LogP contribution is -2.15. The smallest absolute Gasteiger partial charge is 0.339 e. The molecular weight excluding hydrogens is 364 g/mol. The lowest BCUT2D eigenvalue weighted by Gasteiger charge is -2.10. The first kappa shape index (κ1) is 15.4. The third-order valence-electron chi connectivity index (χ3n) is 3.21. The zero-order valence-corrected chi connectivity index (χ0v) is 14.0. The highest BCUT2D eigenvalue weighted by atomic mass is 79.9. The van der Waals surface area contributed by atoms with Crippen molar-refractivity contribution < 1.29 is 9.53 Å². The van der Waals surface area contributed by atoms with Crippen LogP contribution in [0.4, 0.5) is 0 Å². The number of carbonyl (C=O) groups excluding carboxylic acids is 1. The molecule has 118 valence electrons. The quantitative estimate of drug-likeness (QED) is 0.684. The Labute approximate surface area is 139 Å². The lowest BCUT2D eigenvalue weighted by atomic mass is 10.2. The van der Waals surface area contributed by atoms with Gasteiger partial charge in [0.15, 0.2) is 11.8 Å². The maximum atomic E-state index is 12.2. The second kappa shape index (κ2) is 5.96. The van der Waals surface area contributed by atoms with Crippen molar-refractivity contribution in [3.63, 3.8) is 0 Å². The van der Waals surface area contributed by atoms with Gasteiger partial charge in [-0.2, -0.15) is 0 Å². The zero-order chi connectivity index (χ0) is 16.6. The van der Waals surface area contributed by atoms with Crippen molar-refractivity contribution in [2.45, 2.75) is 20.0 Å². The van der Waals surface area contributed by atoms with E-state index in [1.54, 1.807) is 26.1 Å². The molecule has 0 bridgehead atoms. The number of H-pyrrole nitrogens is 2. The summed E-state index contributed by atoms with van der Waals surface area (Å²) in [5.41, 5.74) is 1.73. The third-order valence-corrected chi connectivity index (χ3v) is 3.64. The predicted molar refractivity (Wildman–Crippen MR) is 87.2 cm³/mol. The molecule has 0 saturated heterocycles. The molecule has 3 rings (SSSR count). The van der Waals surface area contributed by atoms with E-state index in [9.17, 15) is 9.59 Å². The average Bonchev–Trinajstić information content (AvgIpc) is 2.89. The molecule has 0 aliphatic heterocycles. The molecule has 0 spiro atoms. The molecule has 7 nitrogen and oxygen atoms in total. The first-order chi connectivity index (χ1) is 10.9. The number of halogens is 1. The molecule has 0 aliphatic rings. The summed E-state index contributed by atoms with van der Waals surface area (Å²) in [5.74, 6) is -0.0955. The van der Waals surface area contributed by atoms with E-state index < -0.39 is 12.1 Å². The second-order valence-corrected chi connectivity index (χ2v) is 6.03. The van der Waals surface area contributed by atoms with Crippen molar-refractivity contribution in [2.75, 3.05) is 0 Å². The maximum Gasteiger partial charge on any atom is 0.339 e. The van der Waals surface area contributed by atoms with Crippen molar-refractivity contribution in [1.82, 2.24) is 19.9 Å². The highest BCUT2D eigenvalue weighted by Gasteiger charge is 2.18. The molecule has 23 heavy (non-hydrogen) atoms. The van der Waals surface area contributed by atoms with Gasteiger partial charge in [-0.1, -0.05) is 0 Å². The Morgan fingerprint density at radius 3 is 2.83 bits per heavy atom. The molecule has 0 unspecified atom stereocenters. The van der Waals surface area contributed by atoms with E-state index in [0.717, 1.165) is 9.99 Å². The van der Waals surface area contributed by atoms with Gasteiger partial charge in [-0.05, 0) is 41.9 Å². The van der Waals surface area contributed by atoms with Crippen LogP contribution in [-0.4, -0.2) is 25.9 Å². The van der Waals surface area contributed by atoms with Crippen LogP contribution in [0.25, 0.3) is 11.2 Å². The van der Waals surface area contributed by atoms with E-state index in [1.165, 1.54) is 6.07 Å². The maximum absolute atomic E-state index is 12.2. The van der Waals surface area contributed by atoms with Crippen molar-refractivity contribution >= 4 is 33.1 Å². The SMILES string of the molecule is Cc1cc(C(=O)O[C@@H](C)c2nc3ncc(Br)cc3[nH]2)cc(=O)[nH]1. The molecule has 0 aliphatic carbocycles. The lowest BCUT2D eigenvalue weighted by molar-refractivity contribution is 0.0321. The number of esters is 1. The van der Waals surface area contributed by atoms with Crippen LogP contribution in [0.3, 0.4) is 0 Å². The van der Waals surface area contributed by atoms with Crippen LogP contribution < -0.4 is 5.56 Å². The third kappa shape index (κ3) is 3.31. The largest absolute Gasteiger partial charge is 0.451 e. The minimum Gasteiger partial charge on any atom is -0.451 e. The molecule has 1 atom stereocenters. The van der Waals surface area contributed by atoms with Crippen molar-refractivity contribution in [2.24, 2.45) is 0 Å². The van der Waals surface area contributed by atoms with E-state index in [-0.39, 0.29) is 11.1 Å². The number of imidazole rings is 1. The Bertz CT molecular complexity index is 947. The summed E-state index contributed by atoms with van der Waals surface area (Å²) in [7, 11) is 0. The molecule has 3 aromatic rings. The van der Waals surface area contributed by atoms with Gasteiger partial charge in [0.2, 0.25) is 5.56 Å². The highest BCUT2D eigenvalue weighted by Crippen LogP contribution is 2.20. The molecule has 0 aromatic carbocycles. The highest BCUT2D eigenvalue weighted by molar-refractivity contribution is 9.10. The first-order valence-corrected chi connectivity index (χ1v) is 7.65. The number of aromatic nitrogens is 4. The van der Waals surface area contributed by atoms with Gasteiger partial charge in [-0.3, -0.25) is 4.79 Å². The van der Waals surface area contributed by atoms with Gasteiger partial charge >= 0.3 is 5.97 Å². The topological polar surface area (TPSA) is 101 Å². The molecule has 0 fully saturated rings. The number of nitrogens with one attached hydrogen (secondary N) is 2. The monoisotopic (exact) mass is 376 g/mol. The Morgan fingerprint density at radius 1 is 1.30 bits per heavy atom. The molecule has 3 aromatic heterocycles. The van der Waals surface area contributed by atoms with Gasteiger partial charge in [0.1, 0.15) is 5.82 Å². The molecule has 8 heteroatoms. The number of fused-ring (bicyclic) bond motifs is 1. The van der Waals surface area contributed by atoms with E-state index in [2.05, 4.69) is 35.9 Å². The molecule has 0 saturated carbocycles. The fraction of sp³-hybridized carbons (Fsp3) is 0.200. The predicted octanol–water partition coefficient (Wildman–Crippen LogP) is 2.64. The van der Waals surface area contributed by atoms with Crippen LogP contribution in [0.5, 0.6) is 0 Å².